The van der Waals surface area contributed by atoms with Gasteiger partial charge in [0.25, 0.3) is 0 Å². The molecular formula is C24H33N5O7S. The van der Waals surface area contributed by atoms with Crippen molar-refractivity contribution in [1.82, 2.24) is 20.9 Å². The number of aliphatic carboxylic acids is 2. The average molecular weight is 536 g/mol. The molecule has 12 nitrogen and oxygen atoms in total. The summed E-state index contributed by atoms with van der Waals surface area (Å²) in [5.41, 5.74) is 7.26. The molecule has 13 heteroatoms. The summed E-state index contributed by atoms with van der Waals surface area (Å²) in [6, 6.07) is 2.71. The number of para-hydroxylation sites is 1. The minimum absolute atomic E-state index is 0.0111. The molecule has 1 aromatic heterocycles. The maximum absolute atomic E-state index is 12.9. The number of amides is 3. The Morgan fingerprint density at radius 3 is 2.22 bits per heavy atom. The molecule has 202 valence electrons. The maximum Gasteiger partial charge on any atom is 0.326 e. The van der Waals surface area contributed by atoms with Crippen LogP contribution < -0.4 is 21.7 Å². The lowest BCUT2D eigenvalue weighted by Gasteiger charge is -2.26. The first kappa shape index (κ1) is 29.6. The highest BCUT2D eigenvalue weighted by Gasteiger charge is 2.31. The first-order chi connectivity index (χ1) is 17.4. The number of aromatic amines is 1. The number of nitrogens with one attached hydrogen (secondary N) is 4. The first-order valence-corrected chi connectivity index (χ1v) is 12.3. The van der Waals surface area contributed by atoms with Gasteiger partial charge in [-0.1, -0.05) is 32.0 Å². The number of fused-ring (bicyclic) bond motifs is 1. The van der Waals surface area contributed by atoms with Gasteiger partial charge in [0.05, 0.1) is 6.04 Å². The van der Waals surface area contributed by atoms with Gasteiger partial charge in [0.2, 0.25) is 17.7 Å². The number of carbonyl (C=O) groups is 5. The number of H-pyrrole nitrogens is 1. The molecule has 0 aliphatic rings. The molecule has 37 heavy (non-hydrogen) atoms. The van der Waals surface area contributed by atoms with Gasteiger partial charge in [-0.3, -0.25) is 19.2 Å². The Kier molecular flexibility index (Phi) is 10.9. The van der Waals surface area contributed by atoms with Crippen molar-refractivity contribution in [2.24, 2.45) is 11.7 Å². The number of hydrogen-bond acceptors (Lipinski definition) is 7. The molecule has 0 saturated heterocycles. The zero-order chi connectivity index (χ0) is 27.7. The number of aromatic nitrogens is 1. The second-order valence-corrected chi connectivity index (χ2v) is 9.34. The smallest absolute Gasteiger partial charge is 0.326 e. The molecule has 0 fully saturated rings. The summed E-state index contributed by atoms with van der Waals surface area (Å²) in [5, 5.41) is 26.7. The molecule has 0 bridgehead atoms. The molecule has 0 aliphatic carbocycles. The second-order valence-electron chi connectivity index (χ2n) is 8.98. The lowest BCUT2D eigenvalue weighted by atomic mass is 10.0. The van der Waals surface area contributed by atoms with Crippen LogP contribution in [0.4, 0.5) is 0 Å². The van der Waals surface area contributed by atoms with E-state index in [9.17, 15) is 29.1 Å². The molecule has 8 N–H and O–H groups in total. The molecule has 3 amide bonds. The molecule has 4 atom stereocenters. The minimum atomic E-state index is -1.26. The van der Waals surface area contributed by atoms with Crippen LogP contribution in [0.2, 0.25) is 0 Å². The molecule has 0 radical (unpaired) electrons. The van der Waals surface area contributed by atoms with Gasteiger partial charge in [-0.2, -0.15) is 12.6 Å². The van der Waals surface area contributed by atoms with Crippen LogP contribution in [0.25, 0.3) is 10.9 Å². The summed E-state index contributed by atoms with van der Waals surface area (Å²) in [6.07, 6.45) is 1.28. The number of carbonyl (C=O) groups excluding carboxylic acids is 3. The van der Waals surface area contributed by atoms with Gasteiger partial charge in [-0.05, 0) is 24.0 Å². The van der Waals surface area contributed by atoms with Crippen molar-refractivity contribution in [1.29, 1.82) is 0 Å². The predicted molar refractivity (Wildman–Crippen MR) is 139 cm³/mol. The van der Waals surface area contributed by atoms with Crippen LogP contribution in [0.5, 0.6) is 0 Å². The van der Waals surface area contributed by atoms with E-state index < -0.39 is 59.7 Å². The van der Waals surface area contributed by atoms with Gasteiger partial charge in [0.15, 0.2) is 0 Å². The predicted octanol–water partition coefficient (Wildman–Crippen LogP) is 0.0273. The van der Waals surface area contributed by atoms with Gasteiger partial charge in [-0.25, -0.2) is 4.79 Å². The summed E-state index contributed by atoms with van der Waals surface area (Å²) in [6.45, 7) is 3.34. The van der Waals surface area contributed by atoms with E-state index >= 15 is 0 Å². The van der Waals surface area contributed by atoms with Crippen molar-refractivity contribution in [3.63, 3.8) is 0 Å². The van der Waals surface area contributed by atoms with E-state index in [0.29, 0.717) is 5.56 Å². The van der Waals surface area contributed by atoms with E-state index in [1.807, 2.05) is 24.3 Å². The largest absolute Gasteiger partial charge is 0.481 e. The number of carboxylic acids is 2. The molecule has 0 aliphatic heterocycles. The number of nitrogens with two attached hydrogens (primary N) is 1. The minimum Gasteiger partial charge on any atom is -0.481 e. The maximum atomic E-state index is 12.9. The van der Waals surface area contributed by atoms with E-state index in [-0.39, 0.29) is 25.0 Å². The average Bonchev–Trinajstić information content (AvgIpc) is 3.25. The summed E-state index contributed by atoms with van der Waals surface area (Å²) < 4.78 is 0. The molecule has 1 aromatic carbocycles. The Morgan fingerprint density at radius 1 is 0.973 bits per heavy atom. The number of carboxylic acid groups (broad SMARTS) is 2. The Labute approximate surface area is 219 Å². The first-order valence-electron chi connectivity index (χ1n) is 11.7. The van der Waals surface area contributed by atoms with E-state index in [2.05, 4.69) is 33.6 Å². The van der Waals surface area contributed by atoms with Gasteiger partial charge in [0.1, 0.15) is 18.1 Å². The fourth-order valence-corrected chi connectivity index (χ4v) is 3.91. The van der Waals surface area contributed by atoms with Crippen molar-refractivity contribution < 1.29 is 34.2 Å². The van der Waals surface area contributed by atoms with Crippen LogP contribution in [0.3, 0.4) is 0 Å². The van der Waals surface area contributed by atoms with Gasteiger partial charge in [-0.15, -0.1) is 0 Å². The van der Waals surface area contributed by atoms with Crippen LogP contribution in [-0.4, -0.2) is 74.8 Å². The van der Waals surface area contributed by atoms with Crippen LogP contribution in [0, 0.1) is 5.92 Å². The molecule has 0 saturated carbocycles. The molecule has 4 unspecified atom stereocenters. The molecular weight excluding hydrogens is 502 g/mol. The third-order valence-electron chi connectivity index (χ3n) is 5.78. The van der Waals surface area contributed by atoms with Gasteiger partial charge < -0.3 is 36.9 Å². The monoisotopic (exact) mass is 535 g/mol. The van der Waals surface area contributed by atoms with Crippen molar-refractivity contribution in [2.75, 3.05) is 5.75 Å². The van der Waals surface area contributed by atoms with E-state index in [1.165, 1.54) is 0 Å². The van der Waals surface area contributed by atoms with Crippen LogP contribution in [0.15, 0.2) is 30.5 Å². The summed E-state index contributed by atoms with van der Waals surface area (Å²) in [4.78, 5) is 63.8. The fraction of sp³-hybridized carbons (Fsp3) is 0.458. The number of rotatable bonds is 14. The lowest BCUT2D eigenvalue weighted by Crippen LogP contribution is -2.59. The highest BCUT2D eigenvalue weighted by Crippen LogP contribution is 2.19. The second kappa shape index (κ2) is 13.7. The van der Waals surface area contributed by atoms with Crippen LogP contribution >= 0.6 is 12.6 Å². The van der Waals surface area contributed by atoms with Crippen molar-refractivity contribution in [3.8, 4) is 0 Å². The third-order valence-corrected chi connectivity index (χ3v) is 6.15. The zero-order valence-electron chi connectivity index (χ0n) is 20.6. The summed E-state index contributed by atoms with van der Waals surface area (Å²) >= 11 is 4.12. The SMILES string of the molecule is CC(C)C(NC(=O)C(N)CCC(=O)O)C(=O)NC(CS)C(=O)NC(Cc1c[nH]c2ccccc12)C(=O)O. The Hall–Kier alpha value is -3.58. The highest BCUT2D eigenvalue weighted by molar-refractivity contribution is 7.80. The van der Waals surface area contributed by atoms with Crippen LogP contribution in [-0.2, 0) is 30.4 Å². The van der Waals surface area contributed by atoms with E-state index in [0.717, 1.165) is 10.9 Å². The molecule has 2 aromatic rings. The lowest BCUT2D eigenvalue weighted by molar-refractivity contribution is -0.142. The van der Waals surface area contributed by atoms with Crippen LogP contribution in [0.1, 0.15) is 32.3 Å². The summed E-state index contributed by atoms with van der Waals surface area (Å²) in [7, 11) is 0. The third kappa shape index (κ3) is 8.50. The van der Waals surface area contributed by atoms with E-state index in [1.54, 1.807) is 20.0 Å². The van der Waals surface area contributed by atoms with Gasteiger partial charge in [0, 0.05) is 35.7 Å². The van der Waals surface area contributed by atoms with Crippen molar-refractivity contribution in [3.05, 3.63) is 36.0 Å². The van der Waals surface area contributed by atoms with Crippen molar-refractivity contribution >= 4 is 53.2 Å². The van der Waals surface area contributed by atoms with Crippen molar-refractivity contribution in [2.45, 2.75) is 57.3 Å². The topological polar surface area (TPSA) is 204 Å². The molecule has 0 spiro atoms. The van der Waals surface area contributed by atoms with E-state index in [4.69, 9.17) is 10.8 Å². The Bertz CT molecular complexity index is 1140. The number of benzene rings is 1. The highest BCUT2D eigenvalue weighted by atomic mass is 32.1. The zero-order valence-corrected chi connectivity index (χ0v) is 21.5. The molecule has 2 rings (SSSR count). The normalized spacial score (nSPS) is 14.4. The quantitative estimate of drug-likeness (QED) is 0.155. The molecule has 1 heterocycles. The van der Waals surface area contributed by atoms with Gasteiger partial charge >= 0.3 is 11.9 Å². The number of thiol groups is 1. The standard InChI is InChI=1S/C24H33N5O7S/c1-12(2)20(29-21(32)15(25)7-8-19(30)31)23(34)28-18(11-37)22(33)27-17(24(35)36)9-13-10-26-16-6-4-3-5-14(13)16/h3-6,10,12,15,17-18,20,26,37H,7-9,11,25H2,1-2H3,(H,27,33)(H,28,34)(H,29,32)(H,30,31)(H,35,36). The number of hydrogen-bond donors (Lipinski definition) is 8. The Balaban J connectivity index is 2.05. The fourth-order valence-electron chi connectivity index (χ4n) is 3.65. The Morgan fingerprint density at radius 2 is 1.62 bits per heavy atom. The summed E-state index contributed by atoms with van der Waals surface area (Å²) in [5.74, 6) is -5.01.